The molecule has 0 atom stereocenters. The van der Waals surface area contributed by atoms with Gasteiger partial charge in [-0.25, -0.2) is 15.0 Å². The lowest BCUT2D eigenvalue weighted by molar-refractivity contribution is 0.589. The van der Waals surface area contributed by atoms with Crippen molar-refractivity contribution >= 4 is 22.9 Å². The van der Waals surface area contributed by atoms with E-state index in [1.807, 2.05) is 9.97 Å². The van der Waals surface area contributed by atoms with Gasteiger partial charge in [-0.2, -0.15) is 5.26 Å². The van der Waals surface area contributed by atoms with Crippen LogP contribution in [0, 0.1) is 10.7 Å². The Bertz CT molecular complexity index is 557. The largest absolute Gasteiger partial charge is 0.315 e. The molecule has 0 aromatic carbocycles. The maximum atomic E-state index is 8.70. The molecule has 5 nitrogen and oxygen atoms in total. The van der Waals surface area contributed by atoms with Crippen molar-refractivity contribution < 1.29 is 0 Å². The van der Waals surface area contributed by atoms with E-state index in [9.17, 15) is 0 Å². The number of imidazole rings is 1. The number of hydrogen-bond acceptors (Lipinski definition) is 5. The van der Waals surface area contributed by atoms with Crippen LogP contribution in [-0.4, -0.2) is 19.5 Å². The lowest BCUT2D eigenvalue weighted by atomic mass is 10.2. The summed E-state index contributed by atoms with van der Waals surface area (Å²) in [5.74, 6) is 0. The average Bonchev–Trinajstić information content (AvgIpc) is 2.80. The van der Waals surface area contributed by atoms with Gasteiger partial charge in [0.25, 0.3) is 0 Å². The summed E-state index contributed by atoms with van der Waals surface area (Å²) in [5.41, 5.74) is 1.54. The molecular weight excluding hydrogens is 246 g/mol. The minimum atomic E-state index is 0.634. The fraction of sp³-hybridized carbons (Fsp3) is 0.500. The van der Waals surface area contributed by atoms with Gasteiger partial charge in [-0.3, -0.25) is 0 Å². The van der Waals surface area contributed by atoms with Crippen molar-refractivity contribution in [3.05, 3.63) is 12.7 Å². The molecule has 0 amide bonds. The number of nitrogens with zero attached hydrogens (tertiary/aromatic N) is 5. The van der Waals surface area contributed by atoms with Gasteiger partial charge in [-0.05, 0) is 6.42 Å². The zero-order valence-corrected chi connectivity index (χ0v) is 11.2. The lowest BCUT2D eigenvalue weighted by Gasteiger charge is -2.03. The van der Waals surface area contributed by atoms with Crippen molar-refractivity contribution in [1.29, 1.82) is 5.26 Å². The number of thioether (sulfide) groups is 1. The second-order valence-electron chi connectivity index (χ2n) is 4.04. The highest BCUT2D eigenvalue weighted by atomic mass is 32.2. The van der Waals surface area contributed by atoms with Crippen LogP contribution in [0.5, 0.6) is 0 Å². The Morgan fingerprint density at radius 3 is 2.94 bits per heavy atom. The SMILES string of the molecule is CCCCCCn1cnc2c(SC#N)ncnc21. The number of rotatable bonds is 6. The maximum absolute atomic E-state index is 8.70. The van der Waals surface area contributed by atoms with Crippen molar-refractivity contribution in [2.45, 2.75) is 44.2 Å². The van der Waals surface area contributed by atoms with Gasteiger partial charge in [0.2, 0.25) is 0 Å². The Kier molecular flexibility index (Phi) is 4.53. The standard InChI is InChI=1S/C12H15N5S/c1-2-3-4-5-6-17-9-16-10-11(17)14-8-15-12(10)18-7-13/h8-9H,2-6H2,1H3. The first kappa shape index (κ1) is 12.8. The molecule has 0 fully saturated rings. The van der Waals surface area contributed by atoms with E-state index in [4.69, 9.17) is 5.26 Å². The van der Waals surface area contributed by atoms with E-state index >= 15 is 0 Å². The van der Waals surface area contributed by atoms with Gasteiger partial charge >= 0.3 is 0 Å². The minimum Gasteiger partial charge on any atom is -0.315 e. The second kappa shape index (κ2) is 6.36. The monoisotopic (exact) mass is 261 g/mol. The summed E-state index contributed by atoms with van der Waals surface area (Å²) in [7, 11) is 0. The molecule has 2 aromatic rings. The van der Waals surface area contributed by atoms with Gasteiger partial charge in [0, 0.05) is 18.3 Å². The van der Waals surface area contributed by atoms with Crippen LogP contribution in [0.25, 0.3) is 11.2 Å². The maximum Gasteiger partial charge on any atom is 0.164 e. The summed E-state index contributed by atoms with van der Waals surface area (Å²) in [6, 6.07) is 0. The number of thiocyanates is 1. The van der Waals surface area contributed by atoms with Crippen LogP contribution in [0.15, 0.2) is 17.7 Å². The second-order valence-corrected chi connectivity index (χ2v) is 4.82. The third-order valence-electron chi connectivity index (χ3n) is 2.76. The van der Waals surface area contributed by atoms with Crippen molar-refractivity contribution in [1.82, 2.24) is 19.5 Å². The van der Waals surface area contributed by atoms with Crippen LogP contribution in [0.3, 0.4) is 0 Å². The van der Waals surface area contributed by atoms with Crippen LogP contribution in [0.2, 0.25) is 0 Å². The highest BCUT2D eigenvalue weighted by Crippen LogP contribution is 2.22. The summed E-state index contributed by atoms with van der Waals surface area (Å²) in [6.45, 7) is 3.12. The number of unbranched alkanes of at least 4 members (excludes halogenated alkanes) is 3. The molecule has 0 spiro atoms. The minimum absolute atomic E-state index is 0.634. The van der Waals surface area contributed by atoms with E-state index in [-0.39, 0.29) is 0 Å². The van der Waals surface area contributed by atoms with Gasteiger partial charge < -0.3 is 4.57 Å². The number of aromatic nitrogens is 4. The summed E-state index contributed by atoms with van der Waals surface area (Å²) in [6.07, 6.45) is 8.12. The molecule has 0 saturated heterocycles. The Labute approximate surface area is 110 Å². The quantitative estimate of drug-likeness (QED) is 0.346. The topological polar surface area (TPSA) is 67.4 Å². The Balaban J connectivity index is 2.15. The van der Waals surface area contributed by atoms with E-state index in [0.717, 1.165) is 35.9 Å². The first-order chi connectivity index (χ1) is 8.86. The molecule has 0 aliphatic heterocycles. The van der Waals surface area contributed by atoms with Crippen molar-refractivity contribution in [3.8, 4) is 5.40 Å². The van der Waals surface area contributed by atoms with Crippen LogP contribution in [0.1, 0.15) is 32.6 Å². The lowest BCUT2D eigenvalue weighted by Crippen LogP contribution is -1.98. The highest BCUT2D eigenvalue weighted by Gasteiger charge is 2.09. The Hall–Kier alpha value is -1.61. The van der Waals surface area contributed by atoms with Crippen molar-refractivity contribution in [2.24, 2.45) is 0 Å². The first-order valence-corrected chi connectivity index (χ1v) is 6.90. The van der Waals surface area contributed by atoms with E-state index in [0.29, 0.717) is 5.03 Å². The normalized spacial score (nSPS) is 10.7. The van der Waals surface area contributed by atoms with Crippen molar-refractivity contribution in [2.75, 3.05) is 0 Å². The molecule has 2 aromatic heterocycles. The molecular formula is C12H15N5S. The average molecular weight is 261 g/mol. The molecule has 0 saturated carbocycles. The van der Waals surface area contributed by atoms with Gasteiger partial charge in [0.05, 0.1) is 6.33 Å². The van der Waals surface area contributed by atoms with Crippen molar-refractivity contribution in [3.63, 3.8) is 0 Å². The number of fused-ring (bicyclic) bond motifs is 1. The third kappa shape index (κ3) is 2.79. The fourth-order valence-electron chi connectivity index (χ4n) is 1.85. The van der Waals surface area contributed by atoms with E-state index in [1.54, 1.807) is 6.33 Å². The van der Waals surface area contributed by atoms with E-state index in [2.05, 4.69) is 21.9 Å². The van der Waals surface area contributed by atoms with E-state index in [1.165, 1.54) is 25.6 Å². The molecule has 0 radical (unpaired) electrons. The summed E-state index contributed by atoms with van der Waals surface area (Å²) in [5, 5.41) is 11.4. The fourth-order valence-corrected chi connectivity index (χ4v) is 2.28. The third-order valence-corrected chi connectivity index (χ3v) is 3.35. The molecule has 0 N–H and O–H groups in total. The van der Waals surface area contributed by atoms with Crippen LogP contribution in [-0.2, 0) is 6.54 Å². The molecule has 0 bridgehead atoms. The Morgan fingerprint density at radius 2 is 2.17 bits per heavy atom. The molecule has 94 valence electrons. The molecule has 0 aliphatic rings. The smallest absolute Gasteiger partial charge is 0.164 e. The Morgan fingerprint density at radius 1 is 1.28 bits per heavy atom. The van der Waals surface area contributed by atoms with Crippen LogP contribution in [0.4, 0.5) is 0 Å². The summed E-state index contributed by atoms with van der Waals surface area (Å²) >= 11 is 1.03. The predicted molar refractivity (Wildman–Crippen MR) is 70.9 cm³/mol. The highest BCUT2D eigenvalue weighted by molar-refractivity contribution is 8.03. The molecule has 6 heteroatoms. The summed E-state index contributed by atoms with van der Waals surface area (Å²) in [4.78, 5) is 12.6. The van der Waals surface area contributed by atoms with Gasteiger partial charge in [-0.15, -0.1) is 0 Å². The van der Waals surface area contributed by atoms with Crippen LogP contribution < -0.4 is 0 Å². The zero-order chi connectivity index (χ0) is 12.8. The molecule has 0 unspecified atom stereocenters. The molecule has 2 rings (SSSR count). The molecule has 0 aliphatic carbocycles. The van der Waals surface area contributed by atoms with Gasteiger partial charge in [0.1, 0.15) is 22.3 Å². The number of nitriles is 1. The van der Waals surface area contributed by atoms with Gasteiger partial charge in [-0.1, -0.05) is 26.2 Å². The predicted octanol–water partition coefficient (Wildman–Crippen LogP) is 2.98. The van der Waals surface area contributed by atoms with Crippen LogP contribution >= 0.6 is 11.8 Å². The first-order valence-electron chi connectivity index (χ1n) is 6.08. The van der Waals surface area contributed by atoms with E-state index < -0.39 is 0 Å². The van der Waals surface area contributed by atoms with Gasteiger partial charge in [0.15, 0.2) is 5.65 Å². The summed E-state index contributed by atoms with van der Waals surface area (Å²) < 4.78 is 2.04. The molecule has 18 heavy (non-hydrogen) atoms. The number of aryl methyl sites for hydroxylation is 1. The number of hydrogen-bond donors (Lipinski definition) is 0. The molecule has 2 heterocycles. The zero-order valence-electron chi connectivity index (χ0n) is 10.3.